The largest absolute Gasteiger partial charge is 0.354 e. The molecule has 1 N–H and O–H groups in total. The third-order valence-electron chi connectivity index (χ3n) is 3.71. The van der Waals surface area contributed by atoms with Gasteiger partial charge in [-0.15, -0.1) is 0 Å². The maximum Gasteiger partial charge on any atom is 0.252 e. The molecule has 1 aromatic heterocycles. The van der Waals surface area contributed by atoms with Crippen LogP contribution in [0.2, 0.25) is 5.02 Å². The zero-order chi connectivity index (χ0) is 14.7. The van der Waals surface area contributed by atoms with Gasteiger partial charge in [-0.05, 0) is 11.6 Å². The lowest BCUT2D eigenvalue weighted by Gasteiger charge is -2.35. The van der Waals surface area contributed by atoms with Crippen LogP contribution in [0.15, 0.2) is 41.5 Å². The minimum Gasteiger partial charge on any atom is -0.354 e. The van der Waals surface area contributed by atoms with Crippen molar-refractivity contribution in [3.05, 3.63) is 57.6 Å². The normalized spacial score (nSPS) is 16.1. The Kier molecular flexibility index (Phi) is 4.22. The van der Waals surface area contributed by atoms with E-state index in [1.807, 2.05) is 18.2 Å². The Morgan fingerprint density at radius 3 is 2.67 bits per heavy atom. The van der Waals surface area contributed by atoms with Crippen molar-refractivity contribution in [2.24, 2.45) is 0 Å². The summed E-state index contributed by atoms with van der Waals surface area (Å²) in [4.78, 5) is 22.6. The van der Waals surface area contributed by atoms with Gasteiger partial charge < -0.3 is 9.88 Å². The highest BCUT2D eigenvalue weighted by atomic mass is 35.5. The summed E-state index contributed by atoms with van der Waals surface area (Å²) >= 11 is 6.20. The standard InChI is InChI=1S/C15H17ClN4O/c16-13-4-2-1-3-12(13)10-19-5-7-20(8-6-19)14-9-15(21)18-11-17-14/h1-4,9,11H,5-8,10H2,(H,17,18,21). The van der Waals surface area contributed by atoms with E-state index in [1.54, 1.807) is 6.07 Å². The average molecular weight is 305 g/mol. The number of benzene rings is 1. The molecule has 6 heteroatoms. The predicted octanol–water partition coefficient (Wildman–Crippen LogP) is 1.75. The molecule has 1 fully saturated rings. The van der Waals surface area contributed by atoms with Gasteiger partial charge in [0.2, 0.25) is 0 Å². The van der Waals surface area contributed by atoms with Crippen molar-refractivity contribution in [1.82, 2.24) is 14.9 Å². The van der Waals surface area contributed by atoms with Crippen molar-refractivity contribution >= 4 is 17.4 Å². The average Bonchev–Trinajstić information content (AvgIpc) is 2.50. The van der Waals surface area contributed by atoms with Crippen LogP contribution in [-0.4, -0.2) is 41.0 Å². The number of nitrogens with one attached hydrogen (secondary N) is 1. The summed E-state index contributed by atoms with van der Waals surface area (Å²) in [5.74, 6) is 0.746. The van der Waals surface area contributed by atoms with E-state index in [-0.39, 0.29) is 5.56 Å². The molecule has 5 nitrogen and oxygen atoms in total. The summed E-state index contributed by atoms with van der Waals surface area (Å²) in [5.41, 5.74) is 1.04. The summed E-state index contributed by atoms with van der Waals surface area (Å²) in [6.07, 6.45) is 1.45. The van der Waals surface area contributed by atoms with Crippen molar-refractivity contribution < 1.29 is 0 Å². The summed E-state index contributed by atoms with van der Waals surface area (Å²) in [6.45, 7) is 4.44. The van der Waals surface area contributed by atoms with E-state index in [2.05, 4.69) is 25.8 Å². The van der Waals surface area contributed by atoms with Crippen molar-refractivity contribution in [2.75, 3.05) is 31.1 Å². The van der Waals surface area contributed by atoms with Gasteiger partial charge in [0.15, 0.2) is 0 Å². The molecule has 0 bridgehead atoms. The van der Waals surface area contributed by atoms with Gasteiger partial charge in [-0.1, -0.05) is 29.8 Å². The van der Waals surface area contributed by atoms with Gasteiger partial charge in [0.05, 0.1) is 6.33 Å². The Bertz CT molecular complexity index is 664. The van der Waals surface area contributed by atoms with Gasteiger partial charge >= 0.3 is 0 Å². The van der Waals surface area contributed by atoms with Crippen molar-refractivity contribution in [2.45, 2.75) is 6.54 Å². The lowest BCUT2D eigenvalue weighted by atomic mass is 10.2. The van der Waals surface area contributed by atoms with Crippen LogP contribution in [-0.2, 0) is 6.54 Å². The molecule has 0 aliphatic carbocycles. The zero-order valence-corrected chi connectivity index (χ0v) is 12.4. The predicted molar refractivity (Wildman–Crippen MR) is 83.8 cm³/mol. The van der Waals surface area contributed by atoms with Crippen LogP contribution in [0, 0.1) is 0 Å². The first kappa shape index (κ1) is 14.1. The van der Waals surface area contributed by atoms with Gasteiger partial charge in [-0.2, -0.15) is 0 Å². The number of hydrogen-bond acceptors (Lipinski definition) is 4. The van der Waals surface area contributed by atoms with E-state index in [1.165, 1.54) is 6.33 Å². The fraction of sp³-hybridized carbons (Fsp3) is 0.333. The van der Waals surface area contributed by atoms with Crippen LogP contribution >= 0.6 is 11.6 Å². The van der Waals surface area contributed by atoms with Crippen LogP contribution in [0.3, 0.4) is 0 Å². The van der Waals surface area contributed by atoms with Gasteiger partial charge in [-0.25, -0.2) is 4.98 Å². The first-order valence-corrected chi connectivity index (χ1v) is 7.35. The molecule has 2 heterocycles. The Morgan fingerprint density at radius 1 is 1.19 bits per heavy atom. The molecule has 1 aromatic carbocycles. The molecule has 2 aromatic rings. The minimum absolute atomic E-state index is 0.113. The van der Waals surface area contributed by atoms with E-state index >= 15 is 0 Å². The molecule has 0 radical (unpaired) electrons. The number of H-pyrrole nitrogens is 1. The van der Waals surface area contributed by atoms with Crippen LogP contribution < -0.4 is 10.5 Å². The smallest absolute Gasteiger partial charge is 0.252 e. The van der Waals surface area contributed by atoms with Gasteiger partial charge in [0, 0.05) is 43.8 Å². The maximum atomic E-state index is 11.3. The summed E-state index contributed by atoms with van der Waals surface area (Å²) in [7, 11) is 0. The van der Waals surface area contributed by atoms with Crippen molar-refractivity contribution in [3.63, 3.8) is 0 Å². The highest BCUT2D eigenvalue weighted by Crippen LogP contribution is 2.18. The van der Waals surface area contributed by atoms with E-state index in [9.17, 15) is 4.79 Å². The Balaban J connectivity index is 1.60. The number of rotatable bonds is 3. The minimum atomic E-state index is -0.113. The molecule has 3 rings (SSSR count). The van der Waals surface area contributed by atoms with Gasteiger partial charge in [0.25, 0.3) is 5.56 Å². The van der Waals surface area contributed by atoms with E-state index in [4.69, 9.17) is 11.6 Å². The molecule has 0 amide bonds. The van der Waals surface area contributed by atoms with Gasteiger partial charge in [0.1, 0.15) is 5.82 Å². The second kappa shape index (κ2) is 6.28. The third kappa shape index (κ3) is 3.43. The molecule has 1 saturated heterocycles. The molecule has 0 saturated carbocycles. The summed E-state index contributed by atoms with van der Waals surface area (Å²) in [5, 5.41) is 0.816. The lowest BCUT2D eigenvalue weighted by Crippen LogP contribution is -2.46. The number of anilines is 1. The van der Waals surface area contributed by atoms with Crippen molar-refractivity contribution in [1.29, 1.82) is 0 Å². The molecular weight excluding hydrogens is 288 g/mol. The molecule has 1 aliphatic rings. The van der Waals surface area contributed by atoms with Crippen molar-refractivity contribution in [3.8, 4) is 0 Å². The maximum absolute atomic E-state index is 11.3. The summed E-state index contributed by atoms with van der Waals surface area (Å²) in [6, 6.07) is 9.49. The zero-order valence-electron chi connectivity index (χ0n) is 11.6. The fourth-order valence-electron chi connectivity index (χ4n) is 2.53. The number of aromatic nitrogens is 2. The highest BCUT2D eigenvalue weighted by molar-refractivity contribution is 6.31. The number of halogens is 1. The fourth-order valence-corrected chi connectivity index (χ4v) is 2.73. The number of aromatic amines is 1. The molecular formula is C15H17ClN4O. The molecule has 0 unspecified atom stereocenters. The monoisotopic (exact) mass is 304 g/mol. The second-order valence-electron chi connectivity index (χ2n) is 5.12. The second-order valence-corrected chi connectivity index (χ2v) is 5.53. The van der Waals surface area contributed by atoms with Crippen LogP contribution in [0.1, 0.15) is 5.56 Å². The number of nitrogens with zero attached hydrogens (tertiary/aromatic N) is 3. The molecule has 0 spiro atoms. The quantitative estimate of drug-likeness (QED) is 0.938. The first-order chi connectivity index (χ1) is 10.2. The lowest BCUT2D eigenvalue weighted by molar-refractivity contribution is 0.249. The van der Waals surface area contributed by atoms with E-state index in [0.29, 0.717) is 0 Å². The Hall–Kier alpha value is -1.85. The van der Waals surface area contributed by atoms with Crippen LogP contribution in [0.25, 0.3) is 0 Å². The Labute approximate surface area is 128 Å². The molecule has 0 atom stereocenters. The van der Waals surface area contributed by atoms with Crippen LogP contribution in [0.5, 0.6) is 0 Å². The van der Waals surface area contributed by atoms with E-state index in [0.717, 1.165) is 49.1 Å². The van der Waals surface area contributed by atoms with Crippen LogP contribution in [0.4, 0.5) is 5.82 Å². The molecule has 110 valence electrons. The highest BCUT2D eigenvalue weighted by Gasteiger charge is 2.18. The topological polar surface area (TPSA) is 52.2 Å². The first-order valence-electron chi connectivity index (χ1n) is 6.98. The molecule has 21 heavy (non-hydrogen) atoms. The number of hydrogen-bond donors (Lipinski definition) is 1. The Morgan fingerprint density at radius 2 is 1.95 bits per heavy atom. The van der Waals surface area contributed by atoms with E-state index < -0.39 is 0 Å². The third-order valence-corrected chi connectivity index (χ3v) is 4.08. The summed E-state index contributed by atoms with van der Waals surface area (Å²) < 4.78 is 0. The number of piperazine rings is 1. The SMILES string of the molecule is O=c1cc(N2CCN(Cc3ccccc3Cl)CC2)nc[nH]1. The van der Waals surface area contributed by atoms with Gasteiger partial charge in [-0.3, -0.25) is 9.69 Å². The molecule has 1 aliphatic heterocycles.